The maximum atomic E-state index is 14.8. The van der Waals surface area contributed by atoms with Gasteiger partial charge in [-0.1, -0.05) is 76.2 Å². The van der Waals surface area contributed by atoms with Crippen LogP contribution < -0.4 is 48.7 Å². The maximum absolute atomic E-state index is 14.8. The first-order chi connectivity index (χ1) is 34.9. The van der Waals surface area contributed by atoms with E-state index in [0.29, 0.717) is 27.5 Å². The van der Waals surface area contributed by atoms with Crippen LogP contribution in [-0.4, -0.2) is 152 Å². The molecule has 0 spiro atoms. The highest BCUT2D eigenvalue weighted by Gasteiger charge is 2.36. The van der Waals surface area contributed by atoms with Crippen LogP contribution in [-0.2, 0) is 52.8 Å². The quantitative estimate of drug-likeness (QED) is 0.0360. The number of para-hydroxylation sites is 1. The number of nitrogens with one attached hydrogen (secondary N) is 8. The summed E-state index contributed by atoms with van der Waals surface area (Å²) in [5.74, 6) is -6.31. The number of benzene rings is 3. The molecule has 1 fully saturated rings. The second kappa shape index (κ2) is 28.8. The lowest BCUT2D eigenvalue weighted by atomic mass is 10.0. The fourth-order valence-electron chi connectivity index (χ4n) is 7.79. The summed E-state index contributed by atoms with van der Waals surface area (Å²) in [4.78, 5) is 103. The van der Waals surface area contributed by atoms with Gasteiger partial charge < -0.3 is 74.1 Å². The summed E-state index contributed by atoms with van der Waals surface area (Å²) in [5.41, 5.74) is 14.8. The second-order valence-electron chi connectivity index (χ2n) is 17.8. The van der Waals surface area contributed by atoms with Crippen molar-refractivity contribution in [3.05, 3.63) is 99.3 Å². The predicted octanol–water partition coefficient (Wildman–Crippen LogP) is -0.495. The molecule has 1 aromatic heterocycles. The molecule has 3 aromatic carbocycles. The number of carbonyl (C=O) groups excluding carboxylic acids is 7. The number of nitrogens with two attached hydrogens (primary N) is 2. The van der Waals surface area contributed by atoms with E-state index in [1.807, 2.05) is 46.9 Å². The molecular weight excluding hydrogens is 1090 g/mol. The van der Waals surface area contributed by atoms with E-state index in [-0.39, 0.29) is 49.5 Å². The number of phenols is 1. The van der Waals surface area contributed by atoms with E-state index in [1.54, 1.807) is 48.7 Å². The average molecular weight is 1160 g/mol. The molecule has 0 saturated carbocycles. The molecule has 1 aliphatic rings. The fourth-order valence-corrected chi connectivity index (χ4v) is 10.7. The van der Waals surface area contributed by atoms with Gasteiger partial charge in [0.2, 0.25) is 41.4 Å². The van der Waals surface area contributed by atoms with E-state index in [0.717, 1.165) is 38.1 Å². The molecule has 0 bridgehead atoms. The summed E-state index contributed by atoms with van der Waals surface area (Å²) in [6.45, 7) is 2.18. The highest BCUT2D eigenvalue weighted by Crippen LogP contribution is 2.25. The first-order valence-corrected chi connectivity index (χ1v) is 27.3. The van der Waals surface area contributed by atoms with Gasteiger partial charge in [0.15, 0.2) is 0 Å². The van der Waals surface area contributed by atoms with Gasteiger partial charge in [0.05, 0.1) is 34.5 Å². The van der Waals surface area contributed by atoms with Crippen LogP contribution in [0.5, 0.6) is 5.75 Å². The summed E-state index contributed by atoms with van der Waals surface area (Å²) < 4.78 is 0.453. The number of rotatable bonds is 17. The summed E-state index contributed by atoms with van der Waals surface area (Å²) >= 11 is 1.92. The van der Waals surface area contributed by atoms with Crippen LogP contribution in [0.3, 0.4) is 0 Å². The van der Waals surface area contributed by atoms with Crippen LogP contribution >= 0.6 is 44.2 Å². The van der Waals surface area contributed by atoms with Crippen LogP contribution in [0.4, 0.5) is 0 Å². The molecule has 73 heavy (non-hydrogen) atoms. The number of fused-ring (bicyclic) bond motifs is 1. The van der Waals surface area contributed by atoms with Gasteiger partial charge in [-0.05, 0) is 104 Å². The first-order valence-electron chi connectivity index (χ1n) is 23.7. The second-order valence-corrected chi connectivity index (χ2v) is 21.5. The Morgan fingerprint density at radius 2 is 1.42 bits per heavy atom. The summed E-state index contributed by atoms with van der Waals surface area (Å²) in [5, 5.41) is 60.8. The molecule has 10 atom stereocenters. The number of aromatic amines is 1. The Morgan fingerprint density at radius 1 is 0.781 bits per heavy atom. The van der Waals surface area contributed by atoms with E-state index >= 15 is 0 Å². The number of H-pyrrole nitrogens is 1. The van der Waals surface area contributed by atoms with Gasteiger partial charge in [0, 0.05) is 41.4 Å². The molecule has 0 radical (unpaired) electrons. The van der Waals surface area contributed by atoms with Gasteiger partial charge in [0.25, 0.3) is 0 Å². The van der Waals surface area contributed by atoms with E-state index in [4.69, 9.17) is 11.5 Å². The molecule has 1 aliphatic heterocycles. The van der Waals surface area contributed by atoms with Gasteiger partial charge in [-0.3, -0.25) is 33.6 Å². The maximum Gasteiger partial charge on any atom is 0.245 e. The van der Waals surface area contributed by atoms with Crippen LogP contribution in [0, 0.1) is 3.57 Å². The van der Waals surface area contributed by atoms with Crippen molar-refractivity contribution in [1.29, 1.82) is 0 Å². The van der Waals surface area contributed by atoms with Crippen molar-refractivity contribution in [2.45, 2.75) is 113 Å². The summed E-state index contributed by atoms with van der Waals surface area (Å²) in [7, 11) is 2.01. The molecule has 16 N–H and O–H groups in total. The normalized spacial score (nSPS) is 22.5. The van der Waals surface area contributed by atoms with Crippen molar-refractivity contribution in [1.82, 2.24) is 42.2 Å². The third-order valence-electron chi connectivity index (χ3n) is 12.0. The average Bonchev–Trinajstić information content (AvgIpc) is 3.77. The lowest BCUT2D eigenvalue weighted by molar-refractivity contribution is -0.136. The Hall–Kier alpha value is -5.48. The largest absolute Gasteiger partial charge is 0.507 e. The fraction of sp³-hybridized carbons (Fsp3) is 0.449. The SMILES string of the molecule is CC(O)[C@@H]1NC(=O)[C@H](CCCCN)NC(=O)[C@@H](Cc2c[nH]c3ccccc23)NC(=O)[C@H](Cc2ccc(O)c([125I])c2)NC(=O)C(NC(=O)C(N)Cc2ccccc2)CSSC[C@@H](C(=O)N[C@H](CO)C(C)O)NC1=O. The number of unbranched alkanes of at least 4 members (excludes halogenated alkanes) is 1. The van der Waals surface area contributed by atoms with Crippen LogP contribution in [0.25, 0.3) is 10.9 Å². The molecule has 396 valence electrons. The van der Waals surface area contributed by atoms with Gasteiger partial charge in [-0.25, -0.2) is 0 Å². The van der Waals surface area contributed by atoms with Crippen LogP contribution in [0.15, 0.2) is 79.0 Å². The third-order valence-corrected chi connectivity index (χ3v) is 15.3. The third kappa shape index (κ3) is 17.6. The van der Waals surface area contributed by atoms with Gasteiger partial charge in [0.1, 0.15) is 42.0 Å². The molecule has 1 saturated heterocycles. The summed E-state index contributed by atoms with van der Waals surface area (Å²) in [6.07, 6.45) is -0.438. The number of amides is 7. The van der Waals surface area contributed by atoms with Crippen molar-refractivity contribution in [3.63, 3.8) is 0 Å². The molecule has 21 nitrogen and oxygen atoms in total. The zero-order valence-corrected chi connectivity index (χ0v) is 44.1. The molecular formula is C49H65IN10O11S2. The van der Waals surface area contributed by atoms with Crippen molar-refractivity contribution in [3.8, 4) is 5.75 Å². The van der Waals surface area contributed by atoms with E-state index in [9.17, 15) is 54.0 Å². The zero-order chi connectivity index (χ0) is 53.2. The highest BCUT2D eigenvalue weighted by molar-refractivity contribution is 14.1. The van der Waals surface area contributed by atoms with E-state index in [1.165, 1.54) is 19.9 Å². The minimum Gasteiger partial charge on any atom is -0.507 e. The Labute approximate surface area is 444 Å². The Kier molecular flexibility index (Phi) is 23.1. The lowest BCUT2D eigenvalue weighted by Crippen LogP contribution is -2.62. The van der Waals surface area contributed by atoms with Crippen molar-refractivity contribution in [2.24, 2.45) is 11.5 Å². The van der Waals surface area contributed by atoms with Crippen LogP contribution in [0.2, 0.25) is 0 Å². The van der Waals surface area contributed by atoms with E-state index in [2.05, 4.69) is 42.2 Å². The number of aliphatic hydroxyl groups excluding tert-OH is 3. The highest BCUT2D eigenvalue weighted by atomic mass is 125. The number of aromatic nitrogens is 1. The molecule has 4 unspecified atom stereocenters. The number of halogens is 1. The summed E-state index contributed by atoms with van der Waals surface area (Å²) in [6, 6.07) is 9.96. The number of phenolic OH excluding ortho intramolecular Hbond substituents is 1. The lowest BCUT2D eigenvalue weighted by Gasteiger charge is -2.29. The van der Waals surface area contributed by atoms with Crippen LogP contribution in [0.1, 0.15) is 49.8 Å². The molecule has 24 heteroatoms. The van der Waals surface area contributed by atoms with E-state index < -0.39 is 108 Å². The number of hydrogen-bond donors (Lipinski definition) is 14. The standard InChI is InChI=1S/C49H65IN10O11S2/c1-26(62)38(23-61)57-48(70)40-25-73-72-24-39(58-43(65)33(52)19-28-10-4-3-5-11-28)47(69)55-36(20-29-15-16-41(64)32(50)18-29)45(67)56-37(21-30-22-53-34-13-7-6-12-31(30)34)46(68)54-35(14-8-9-17-51)44(66)60-42(27(2)63)49(71)59-40/h3-7,10-13,15-16,18,22,26-27,33,35-40,42,53,61-64H,8-9,14,17,19-21,23-25,51-52H2,1-2H3,(H,54,68)(H,55,69)(H,56,67)(H,57,70)(H,58,65)(H,59,71)(H,60,66)/t26?,27?,33?,35-,36-,37+,38+,39?,40-,42-/m0/s1/i50-2. The number of aromatic hydroxyl groups is 1. The first kappa shape index (κ1) is 58.4. The Morgan fingerprint density at radius 3 is 2.10 bits per heavy atom. The number of hydrogen-bond acceptors (Lipinski definition) is 15. The van der Waals surface area contributed by atoms with Crippen molar-refractivity contribution in [2.75, 3.05) is 24.7 Å². The molecule has 5 rings (SSSR count). The monoisotopic (exact) mass is 1160 g/mol. The minimum absolute atomic E-state index is 0.0117. The smallest absolute Gasteiger partial charge is 0.245 e. The minimum atomic E-state index is -1.68. The predicted molar refractivity (Wildman–Crippen MR) is 286 cm³/mol. The topological polar surface area (TPSA) is 352 Å². The van der Waals surface area contributed by atoms with Crippen molar-refractivity contribution >= 4 is 96.4 Å². The Balaban J connectivity index is 1.59. The van der Waals surface area contributed by atoms with Gasteiger partial charge >= 0.3 is 0 Å². The number of carbonyl (C=O) groups is 7. The Bertz CT molecular complexity index is 2520. The zero-order valence-electron chi connectivity index (χ0n) is 40.3. The molecule has 7 amide bonds. The molecule has 0 aliphatic carbocycles. The van der Waals surface area contributed by atoms with Gasteiger partial charge in [-0.15, -0.1) is 0 Å². The molecule has 2 heterocycles. The van der Waals surface area contributed by atoms with Gasteiger partial charge in [-0.2, -0.15) is 0 Å². The molecule has 4 aromatic rings. The number of aliphatic hydroxyl groups is 3. The van der Waals surface area contributed by atoms with Crippen molar-refractivity contribution < 1.29 is 54.0 Å².